The first-order valence-electron chi connectivity index (χ1n) is 7.86. The van der Waals surface area contributed by atoms with Crippen molar-refractivity contribution in [1.29, 1.82) is 0 Å². The molecule has 0 amide bonds. The van der Waals surface area contributed by atoms with Gasteiger partial charge in [0.05, 0.1) is 18.0 Å². The molecule has 1 aromatic heterocycles. The van der Waals surface area contributed by atoms with Crippen LogP contribution >= 0.6 is 22.6 Å². The van der Waals surface area contributed by atoms with Gasteiger partial charge in [-0.15, -0.1) is 0 Å². The van der Waals surface area contributed by atoms with Crippen molar-refractivity contribution in [3.63, 3.8) is 0 Å². The topological polar surface area (TPSA) is 89.4 Å². The number of hydrogen-bond acceptors (Lipinski definition) is 5. The number of hydrogen-bond donors (Lipinski definition) is 2. The van der Waals surface area contributed by atoms with Crippen LogP contribution in [0.3, 0.4) is 0 Å². The van der Waals surface area contributed by atoms with Crippen LogP contribution in [0.15, 0.2) is 23.0 Å². The summed E-state index contributed by atoms with van der Waals surface area (Å²) in [6.45, 7) is 0. The van der Waals surface area contributed by atoms with Crippen LogP contribution in [-0.4, -0.2) is 25.3 Å². The fraction of sp³-hybridized carbons (Fsp3) is 0.312. The Labute approximate surface area is 167 Å². The number of methoxy groups -OCH3 is 1. The number of ether oxygens (including phenoxy) is 1. The molecule has 146 valence electrons. The molecule has 0 radical (unpaired) electrons. The first-order valence-corrected chi connectivity index (χ1v) is 10.5. The highest BCUT2D eigenvalue weighted by atomic mass is 127. The lowest BCUT2D eigenvalue weighted by atomic mass is 10.2. The number of pyridine rings is 1. The van der Waals surface area contributed by atoms with Crippen LogP contribution in [-0.2, 0) is 17.1 Å². The quantitative estimate of drug-likeness (QED) is 0.583. The Bertz CT molecular complexity index is 1070. The number of anilines is 3. The lowest BCUT2D eigenvalue weighted by molar-refractivity contribution is 0.383. The summed E-state index contributed by atoms with van der Waals surface area (Å²) in [5.74, 6) is -2.56. The van der Waals surface area contributed by atoms with Gasteiger partial charge in [0.2, 0.25) is 15.8 Å². The number of rotatable bonds is 6. The first-order chi connectivity index (χ1) is 12.7. The van der Waals surface area contributed by atoms with Gasteiger partial charge in [0, 0.05) is 10.6 Å². The monoisotopic (exact) mass is 511 g/mol. The highest BCUT2D eigenvalue weighted by molar-refractivity contribution is 14.1. The van der Waals surface area contributed by atoms with Gasteiger partial charge < -0.3 is 10.1 Å². The van der Waals surface area contributed by atoms with Gasteiger partial charge in [-0.25, -0.2) is 12.8 Å². The molecule has 1 heterocycles. The first kappa shape index (κ1) is 19.9. The highest BCUT2D eigenvalue weighted by Crippen LogP contribution is 2.38. The van der Waals surface area contributed by atoms with Crippen molar-refractivity contribution >= 4 is 49.8 Å². The molecule has 3 rings (SSSR count). The third-order valence-corrected chi connectivity index (χ3v) is 6.60. The summed E-state index contributed by atoms with van der Waals surface area (Å²) in [4.78, 5) is 12.2. The Hall–Kier alpha value is -1.89. The minimum absolute atomic E-state index is 0.00838. The molecule has 1 fully saturated rings. The van der Waals surface area contributed by atoms with Crippen molar-refractivity contribution in [1.82, 2.24) is 4.57 Å². The normalized spacial score (nSPS) is 14.1. The maximum atomic E-state index is 14.4. The summed E-state index contributed by atoms with van der Waals surface area (Å²) < 4.78 is 62.1. The van der Waals surface area contributed by atoms with Gasteiger partial charge in [0.1, 0.15) is 17.3 Å². The lowest BCUT2D eigenvalue weighted by Crippen LogP contribution is -2.27. The van der Waals surface area contributed by atoms with Gasteiger partial charge in [-0.1, -0.05) is 0 Å². The van der Waals surface area contributed by atoms with Crippen molar-refractivity contribution in [2.45, 2.75) is 18.1 Å². The van der Waals surface area contributed by atoms with Crippen molar-refractivity contribution in [2.24, 2.45) is 7.05 Å². The van der Waals surface area contributed by atoms with Crippen LogP contribution in [0, 0.1) is 15.2 Å². The SMILES string of the molecule is COc1c(NS(=O)(=O)C2CC2)c(Nc2ccc(I)cc2F)n(C)c(=O)c1F. The summed E-state index contributed by atoms with van der Waals surface area (Å²) in [6.07, 6.45) is 0.973. The summed E-state index contributed by atoms with van der Waals surface area (Å²) in [5, 5.41) is 2.08. The zero-order valence-electron chi connectivity index (χ0n) is 14.3. The fourth-order valence-electron chi connectivity index (χ4n) is 2.49. The number of aromatic nitrogens is 1. The summed E-state index contributed by atoms with van der Waals surface area (Å²) >= 11 is 1.94. The molecule has 2 aromatic rings. The molecule has 1 saturated carbocycles. The summed E-state index contributed by atoms with van der Waals surface area (Å²) in [5.41, 5.74) is -1.34. The van der Waals surface area contributed by atoms with E-state index in [1.54, 1.807) is 6.07 Å². The van der Waals surface area contributed by atoms with Gasteiger partial charge in [0.15, 0.2) is 5.75 Å². The fourth-order valence-corrected chi connectivity index (χ4v) is 4.34. The van der Waals surface area contributed by atoms with Gasteiger partial charge in [0.25, 0.3) is 5.56 Å². The van der Waals surface area contributed by atoms with E-state index in [4.69, 9.17) is 4.74 Å². The largest absolute Gasteiger partial charge is 0.491 e. The molecule has 0 bridgehead atoms. The second-order valence-corrected chi connectivity index (χ2v) is 9.24. The Balaban J connectivity index is 2.18. The van der Waals surface area contributed by atoms with E-state index in [1.165, 1.54) is 19.2 Å². The van der Waals surface area contributed by atoms with Gasteiger partial charge in [-0.2, -0.15) is 4.39 Å². The standard InChI is InChI=1S/C16H16F2IN3O4S/c1-22-15(20-11-6-3-8(19)7-10(11)17)13(14(26-2)12(18)16(22)23)21-27(24,25)9-4-5-9/h3,6-7,9,20-21H,4-5H2,1-2H3. The lowest BCUT2D eigenvalue weighted by Gasteiger charge is -2.20. The molecule has 7 nitrogen and oxygen atoms in total. The van der Waals surface area contributed by atoms with Crippen LogP contribution in [0.25, 0.3) is 0 Å². The number of sulfonamides is 1. The predicted molar refractivity (Wildman–Crippen MR) is 106 cm³/mol. The predicted octanol–water partition coefficient (Wildman–Crippen LogP) is 2.92. The van der Waals surface area contributed by atoms with E-state index in [9.17, 15) is 22.0 Å². The van der Waals surface area contributed by atoms with Crippen LogP contribution in [0.5, 0.6) is 5.75 Å². The maximum Gasteiger partial charge on any atom is 0.291 e. The van der Waals surface area contributed by atoms with Crippen molar-refractivity contribution < 1.29 is 21.9 Å². The average molecular weight is 511 g/mol. The third-order valence-electron chi connectivity index (χ3n) is 4.09. The Morgan fingerprint density at radius 1 is 1.30 bits per heavy atom. The molecular weight excluding hydrogens is 495 g/mol. The number of nitrogens with zero attached hydrogens (tertiary/aromatic N) is 1. The molecule has 0 unspecified atom stereocenters. The molecule has 1 aromatic carbocycles. The zero-order chi connectivity index (χ0) is 19.9. The maximum absolute atomic E-state index is 14.4. The summed E-state index contributed by atoms with van der Waals surface area (Å²) in [6, 6.07) is 4.31. The number of nitrogens with one attached hydrogen (secondary N) is 2. The van der Waals surface area contributed by atoms with E-state index in [2.05, 4.69) is 10.0 Å². The smallest absolute Gasteiger partial charge is 0.291 e. The Morgan fingerprint density at radius 3 is 2.52 bits per heavy atom. The van der Waals surface area contributed by atoms with E-state index in [0.717, 1.165) is 11.7 Å². The minimum Gasteiger partial charge on any atom is -0.491 e. The average Bonchev–Trinajstić information content (AvgIpc) is 3.44. The van der Waals surface area contributed by atoms with Gasteiger partial charge >= 0.3 is 0 Å². The molecule has 0 spiro atoms. The third kappa shape index (κ3) is 3.88. The molecule has 1 aliphatic rings. The van der Waals surface area contributed by atoms with Crippen molar-refractivity contribution in [2.75, 3.05) is 17.1 Å². The van der Waals surface area contributed by atoms with E-state index >= 15 is 0 Å². The van der Waals surface area contributed by atoms with Gasteiger partial charge in [-0.3, -0.25) is 14.1 Å². The molecule has 0 atom stereocenters. The Kier molecular flexibility index (Phi) is 5.34. The van der Waals surface area contributed by atoms with Crippen LogP contribution < -0.4 is 20.3 Å². The van der Waals surface area contributed by atoms with E-state index in [1.807, 2.05) is 22.6 Å². The van der Waals surface area contributed by atoms with E-state index < -0.39 is 38.2 Å². The van der Waals surface area contributed by atoms with Crippen molar-refractivity contribution in [3.05, 3.63) is 43.8 Å². The second kappa shape index (κ2) is 7.26. The molecule has 27 heavy (non-hydrogen) atoms. The molecule has 0 saturated heterocycles. The zero-order valence-corrected chi connectivity index (χ0v) is 17.3. The van der Waals surface area contributed by atoms with Crippen LogP contribution in [0.4, 0.5) is 26.0 Å². The molecule has 2 N–H and O–H groups in total. The van der Waals surface area contributed by atoms with Crippen LogP contribution in [0.2, 0.25) is 0 Å². The minimum atomic E-state index is -3.80. The molecule has 0 aliphatic heterocycles. The van der Waals surface area contributed by atoms with E-state index in [0.29, 0.717) is 16.4 Å². The summed E-state index contributed by atoms with van der Waals surface area (Å²) in [7, 11) is -1.44. The molecule has 11 heteroatoms. The van der Waals surface area contributed by atoms with Crippen LogP contribution in [0.1, 0.15) is 12.8 Å². The Morgan fingerprint density at radius 2 is 1.96 bits per heavy atom. The number of halogens is 3. The van der Waals surface area contributed by atoms with Gasteiger partial charge in [-0.05, 0) is 53.6 Å². The van der Waals surface area contributed by atoms with Crippen molar-refractivity contribution in [3.8, 4) is 5.75 Å². The second-order valence-electron chi connectivity index (χ2n) is 6.03. The molecule has 1 aliphatic carbocycles. The number of benzene rings is 1. The molecular formula is C16H16F2IN3O4S. The van der Waals surface area contributed by atoms with E-state index in [-0.39, 0.29) is 17.2 Å². The highest BCUT2D eigenvalue weighted by Gasteiger charge is 2.37.